The van der Waals surface area contributed by atoms with E-state index in [4.69, 9.17) is 4.74 Å². The lowest BCUT2D eigenvalue weighted by Gasteiger charge is -2.27. The van der Waals surface area contributed by atoms with Crippen molar-refractivity contribution in [2.24, 2.45) is 0 Å². The van der Waals surface area contributed by atoms with Crippen LogP contribution in [0.1, 0.15) is 31.4 Å². The number of hydrogen-bond acceptors (Lipinski definition) is 4. The first-order chi connectivity index (χ1) is 13.4. The number of carbonyl (C=O) groups is 3. The van der Waals surface area contributed by atoms with Crippen molar-refractivity contribution in [2.75, 3.05) is 4.90 Å². The number of imide groups is 2. The first kappa shape index (κ1) is 19.4. The summed E-state index contributed by atoms with van der Waals surface area (Å²) in [4.78, 5) is 38.7. The molecule has 144 valence electrons. The summed E-state index contributed by atoms with van der Waals surface area (Å²) in [5, 5.41) is 2.25. The van der Waals surface area contributed by atoms with Crippen LogP contribution in [0.4, 0.5) is 10.5 Å². The number of benzene rings is 2. The van der Waals surface area contributed by atoms with Crippen LogP contribution in [0, 0.1) is 6.92 Å². The molecule has 1 atom stereocenters. The van der Waals surface area contributed by atoms with Crippen molar-refractivity contribution in [3.8, 4) is 5.75 Å². The van der Waals surface area contributed by atoms with Gasteiger partial charge in [0.2, 0.25) is 0 Å². The van der Waals surface area contributed by atoms with E-state index in [0.29, 0.717) is 17.0 Å². The van der Waals surface area contributed by atoms with Gasteiger partial charge in [-0.25, -0.2) is 9.69 Å². The highest BCUT2D eigenvalue weighted by atomic mass is 16.5. The summed E-state index contributed by atoms with van der Waals surface area (Å²) in [6, 6.07) is 13.4. The first-order valence-electron chi connectivity index (χ1n) is 9.15. The van der Waals surface area contributed by atoms with Crippen LogP contribution < -0.4 is 15.0 Å². The summed E-state index contributed by atoms with van der Waals surface area (Å²) in [7, 11) is 0. The molecule has 1 saturated heterocycles. The molecule has 1 aliphatic heterocycles. The van der Waals surface area contributed by atoms with Gasteiger partial charge in [0.15, 0.2) is 0 Å². The van der Waals surface area contributed by atoms with Crippen molar-refractivity contribution in [2.45, 2.75) is 33.3 Å². The van der Waals surface area contributed by atoms with Crippen LogP contribution >= 0.6 is 0 Å². The Bertz CT molecular complexity index is 965. The van der Waals surface area contributed by atoms with Gasteiger partial charge in [0, 0.05) is 5.56 Å². The SMILES string of the molecule is CCC(C)Oc1ccccc1/C=C1\C(=O)NC(=O)N(c2ccccc2C)C1=O. The highest BCUT2D eigenvalue weighted by Gasteiger charge is 2.37. The molecule has 1 heterocycles. The molecule has 1 unspecified atom stereocenters. The fourth-order valence-corrected chi connectivity index (χ4v) is 2.85. The molecule has 6 heteroatoms. The third kappa shape index (κ3) is 3.81. The average Bonchev–Trinajstić information content (AvgIpc) is 2.67. The summed E-state index contributed by atoms with van der Waals surface area (Å²) in [5.74, 6) is -0.816. The van der Waals surface area contributed by atoms with Gasteiger partial charge in [-0.15, -0.1) is 0 Å². The monoisotopic (exact) mass is 378 g/mol. The average molecular weight is 378 g/mol. The summed E-state index contributed by atoms with van der Waals surface area (Å²) < 4.78 is 5.89. The number of ether oxygens (including phenoxy) is 1. The van der Waals surface area contributed by atoms with Gasteiger partial charge in [0.05, 0.1) is 11.8 Å². The molecule has 0 aliphatic carbocycles. The van der Waals surface area contributed by atoms with Crippen LogP contribution in [0.25, 0.3) is 6.08 Å². The van der Waals surface area contributed by atoms with E-state index < -0.39 is 17.8 Å². The number of barbiturate groups is 1. The number of nitrogens with one attached hydrogen (secondary N) is 1. The third-order valence-corrected chi connectivity index (χ3v) is 4.58. The molecule has 0 aromatic heterocycles. The Hall–Kier alpha value is -3.41. The van der Waals surface area contributed by atoms with Gasteiger partial charge in [-0.3, -0.25) is 14.9 Å². The zero-order valence-electron chi connectivity index (χ0n) is 16.1. The predicted octanol–water partition coefficient (Wildman–Crippen LogP) is 3.84. The van der Waals surface area contributed by atoms with E-state index >= 15 is 0 Å². The Kier molecular flexibility index (Phi) is 5.59. The number of amides is 4. The third-order valence-electron chi connectivity index (χ3n) is 4.58. The molecular formula is C22H22N2O4. The number of hydrogen-bond donors (Lipinski definition) is 1. The second kappa shape index (κ2) is 8.08. The molecule has 0 spiro atoms. The maximum Gasteiger partial charge on any atom is 0.335 e. The Balaban J connectivity index is 2.02. The second-order valence-electron chi connectivity index (χ2n) is 6.62. The van der Waals surface area contributed by atoms with Gasteiger partial charge in [-0.1, -0.05) is 43.3 Å². The first-order valence-corrected chi connectivity index (χ1v) is 9.15. The molecular weight excluding hydrogens is 356 g/mol. The molecule has 3 rings (SSSR count). The van der Waals surface area contributed by atoms with E-state index in [1.807, 2.05) is 26.0 Å². The maximum absolute atomic E-state index is 13.0. The smallest absolute Gasteiger partial charge is 0.335 e. The minimum absolute atomic E-state index is 0.0134. The molecule has 6 nitrogen and oxygen atoms in total. The minimum atomic E-state index is -0.759. The minimum Gasteiger partial charge on any atom is -0.490 e. The largest absolute Gasteiger partial charge is 0.490 e. The van der Waals surface area contributed by atoms with E-state index in [1.165, 1.54) is 6.08 Å². The summed E-state index contributed by atoms with van der Waals surface area (Å²) in [5.41, 5.74) is 1.66. The molecule has 4 amide bonds. The lowest BCUT2D eigenvalue weighted by atomic mass is 10.0. The second-order valence-corrected chi connectivity index (χ2v) is 6.62. The molecule has 1 aliphatic rings. The standard InChI is InChI=1S/C22H22N2O4/c1-4-15(3)28-19-12-8-6-10-16(19)13-17-20(25)23-22(27)24(21(17)26)18-11-7-5-9-14(18)2/h5-13,15H,4H2,1-3H3,(H,23,25,27)/b17-13+. The number of para-hydroxylation sites is 2. The number of carbonyl (C=O) groups excluding carboxylic acids is 3. The van der Waals surface area contributed by atoms with E-state index in [-0.39, 0.29) is 11.7 Å². The van der Waals surface area contributed by atoms with Crippen LogP contribution in [0.5, 0.6) is 5.75 Å². The van der Waals surface area contributed by atoms with Crippen molar-refractivity contribution in [1.82, 2.24) is 5.32 Å². The zero-order chi connectivity index (χ0) is 20.3. The van der Waals surface area contributed by atoms with E-state index in [1.54, 1.807) is 43.3 Å². The number of urea groups is 1. The number of nitrogens with zero attached hydrogens (tertiary/aromatic N) is 1. The van der Waals surface area contributed by atoms with Crippen LogP contribution in [0.2, 0.25) is 0 Å². The summed E-state index contributed by atoms with van der Waals surface area (Å²) in [6.45, 7) is 5.75. The Morgan fingerprint density at radius 2 is 1.75 bits per heavy atom. The van der Waals surface area contributed by atoms with Gasteiger partial charge >= 0.3 is 6.03 Å². The van der Waals surface area contributed by atoms with Crippen LogP contribution in [0.15, 0.2) is 54.1 Å². The highest BCUT2D eigenvalue weighted by molar-refractivity contribution is 6.39. The van der Waals surface area contributed by atoms with Crippen molar-refractivity contribution < 1.29 is 19.1 Å². The van der Waals surface area contributed by atoms with Crippen LogP contribution in [-0.2, 0) is 9.59 Å². The van der Waals surface area contributed by atoms with Gasteiger partial charge in [0.1, 0.15) is 11.3 Å². The topological polar surface area (TPSA) is 75.7 Å². The fraction of sp³-hybridized carbons (Fsp3) is 0.227. The molecule has 0 bridgehead atoms. The zero-order valence-corrected chi connectivity index (χ0v) is 16.1. The Morgan fingerprint density at radius 3 is 2.46 bits per heavy atom. The lowest BCUT2D eigenvalue weighted by Crippen LogP contribution is -2.54. The van der Waals surface area contributed by atoms with Gasteiger partial charge < -0.3 is 4.74 Å². The van der Waals surface area contributed by atoms with Gasteiger partial charge in [-0.2, -0.15) is 0 Å². The molecule has 2 aromatic carbocycles. The lowest BCUT2D eigenvalue weighted by molar-refractivity contribution is -0.122. The van der Waals surface area contributed by atoms with Gasteiger partial charge in [0.25, 0.3) is 11.8 Å². The molecule has 2 aromatic rings. The normalized spacial score (nSPS) is 16.9. The number of rotatable bonds is 5. The van der Waals surface area contributed by atoms with Crippen LogP contribution in [0.3, 0.4) is 0 Å². The quantitative estimate of drug-likeness (QED) is 0.634. The summed E-state index contributed by atoms with van der Waals surface area (Å²) >= 11 is 0. The predicted molar refractivity (Wildman–Crippen MR) is 107 cm³/mol. The molecule has 1 fully saturated rings. The van der Waals surface area contributed by atoms with Crippen molar-refractivity contribution in [3.05, 3.63) is 65.2 Å². The van der Waals surface area contributed by atoms with Gasteiger partial charge in [-0.05, 0) is 44.0 Å². The van der Waals surface area contributed by atoms with E-state index in [0.717, 1.165) is 16.9 Å². The molecule has 0 radical (unpaired) electrons. The molecule has 1 N–H and O–H groups in total. The summed E-state index contributed by atoms with van der Waals surface area (Å²) in [6.07, 6.45) is 2.27. The fourth-order valence-electron chi connectivity index (χ4n) is 2.85. The Labute approximate surface area is 163 Å². The number of anilines is 1. The Morgan fingerprint density at radius 1 is 1.07 bits per heavy atom. The van der Waals surface area contributed by atoms with Crippen LogP contribution in [-0.4, -0.2) is 23.9 Å². The van der Waals surface area contributed by atoms with E-state index in [2.05, 4.69) is 5.32 Å². The molecule has 0 saturated carbocycles. The van der Waals surface area contributed by atoms with Crippen molar-refractivity contribution >= 4 is 29.6 Å². The molecule has 28 heavy (non-hydrogen) atoms. The van der Waals surface area contributed by atoms with Crippen molar-refractivity contribution in [3.63, 3.8) is 0 Å². The van der Waals surface area contributed by atoms with E-state index in [9.17, 15) is 14.4 Å². The highest BCUT2D eigenvalue weighted by Crippen LogP contribution is 2.27. The maximum atomic E-state index is 13.0. The number of aryl methyl sites for hydroxylation is 1. The van der Waals surface area contributed by atoms with Crippen molar-refractivity contribution in [1.29, 1.82) is 0 Å².